The Hall–Kier alpha value is -1.61. The largest absolute Gasteiger partial charge is 0.390 e. The summed E-state index contributed by atoms with van der Waals surface area (Å²) in [5.74, 6) is 1.02. The second-order valence-electron chi connectivity index (χ2n) is 4.98. The molecule has 0 unspecified atom stereocenters. The highest BCUT2D eigenvalue weighted by molar-refractivity contribution is 7.99. The molecule has 0 amide bonds. The summed E-state index contributed by atoms with van der Waals surface area (Å²) < 4.78 is 0. The maximum Gasteiger partial charge on any atom is 0.152 e. The van der Waals surface area contributed by atoms with Gasteiger partial charge >= 0.3 is 0 Å². The average Bonchev–Trinajstić information content (AvgIpc) is 2.59. The summed E-state index contributed by atoms with van der Waals surface area (Å²) in [4.78, 5) is 15.8. The van der Waals surface area contributed by atoms with Crippen LogP contribution in [0.2, 0.25) is 5.02 Å². The SMILES string of the molecule is Nc1nccc(Sc2cnc(N3CCNCC3)c(CO)n2)c1Cl. The molecule has 0 saturated carbocycles. The lowest BCUT2D eigenvalue weighted by Crippen LogP contribution is -2.44. The highest BCUT2D eigenvalue weighted by Crippen LogP contribution is 2.34. The van der Waals surface area contributed by atoms with E-state index in [9.17, 15) is 5.11 Å². The summed E-state index contributed by atoms with van der Waals surface area (Å²) in [7, 11) is 0. The molecule has 7 nitrogen and oxygen atoms in total. The van der Waals surface area contributed by atoms with Crippen molar-refractivity contribution in [1.82, 2.24) is 20.3 Å². The van der Waals surface area contributed by atoms with Gasteiger partial charge in [0.25, 0.3) is 0 Å². The molecular formula is C14H17ClN6OS. The van der Waals surface area contributed by atoms with E-state index >= 15 is 0 Å². The van der Waals surface area contributed by atoms with Gasteiger partial charge in [-0.15, -0.1) is 0 Å². The highest BCUT2D eigenvalue weighted by atomic mass is 35.5. The molecule has 1 fully saturated rings. The summed E-state index contributed by atoms with van der Waals surface area (Å²) in [6.45, 7) is 3.33. The predicted octanol–water partition coefficient (Wildman–Crippen LogP) is 1.16. The number of aliphatic hydroxyl groups is 1. The Morgan fingerprint density at radius 2 is 2.13 bits per heavy atom. The molecule has 0 aliphatic carbocycles. The molecule has 0 atom stereocenters. The van der Waals surface area contributed by atoms with Gasteiger partial charge in [-0.2, -0.15) is 0 Å². The molecule has 1 aliphatic heterocycles. The van der Waals surface area contributed by atoms with Crippen LogP contribution in [0.1, 0.15) is 5.69 Å². The fourth-order valence-corrected chi connectivity index (χ4v) is 3.37. The van der Waals surface area contributed by atoms with Gasteiger partial charge in [0.1, 0.15) is 16.5 Å². The van der Waals surface area contributed by atoms with E-state index in [-0.39, 0.29) is 12.4 Å². The van der Waals surface area contributed by atoms with Crippen molar-refractivity contribution in [2.24, 2.45) is 0 Å². The van der Waals surface area contributed by atoms with Crippen LogP contribution in [0, 0.1) is 0 Å². The van der Waals surface area contributed by atoms with Crippen molar-refractivity contribution in [1.29, 1.82) is 0 Å². The van der Waals surface area contributed by atoms with Crippen LogP contribution in [-0.2, 0) is 6.61 Å². The third-order valence-corrected chi connectivity index (χ3v) is 4.94. The van der Waals surface area contributed by atoms with Gasteiger partial charge in [-0.05, 0) is 6.07 Å². The fourth-order valence-electron chi connectivity index (χ4n) is 2.33. The number of nitrogens with two attached hydrogens (primary N) is 1. The third kappa shape index (κ3) is 3.66. The Balaban J connectivity index is 1.85. The normalized spacial score (nSPS) is 15.0. The van der Waals surface area contributed by atoms with Crippen molar-refractivity contribution >= 4 is 35.0 Å². The molecule has 1 aliphatic rings. The number of rotatable bonds is 4. The number of halogens is 1. The van der Waals surface area contributed by atoms with Crippen molar-refractivity contribution in [2.45, 2.75) is 16.5 Å². The summed E-state index contributed by atoms with van der Waals surface area (Å²) in [6.07, 6.45) is 3.28. The molecule has 2 aromatic rings. The van der Waals surface area contributed by atoms with Crippen molar-refractivity contribution in [3.63, 3.8) is 0 Å². The maximum atomic E-state index is 9.63. The molecule has 3 rings (SSSR count). The van der Waals surface area contributed by atoms with Crippen LogP contribution in [0.15, 0.2) is 28.4 Å². The molecule has 0 aromatic carbocycles. The number of nitrogen functional groups attached to an aromatic ring is 1. The molecule has 0 spiro atoms. The highest BCUT2D eigenvalue weighted by Gasteiger charge is 2.17. The molecule has 122 valence electrons. The second-order valence-corrected chi connectivity index (χ2v) is 6.42. The number of anilines is 2. The van der Waals surface area contributed by atoms with Gasteiger partial charge in [0.05, 0.1) is 17.8 Å². The third-order valence-electron chi connectivity index (χ3n) is 3.46. The standard InChI is InChI=1S/C14H17ClN6OS/c15-12-10(1-2-18-13(12)16)23-11-7-19-14(9(8-22)20-11)21-5-3-17-4-6-21/h1-2,7,17,22H,3-6,8H2,(H2,16,18). The quantitative estimate of drug-likeness (QED) is 0.753. The maximum absolute atomic E-state index is 9.63. The molecule has 0 radical (unpaired) electrons. The van der Waals surface area contributed by atoms with Crippen molar-refractivity contribution in [3.05, 3.63) is 29.2 Å². The van der Waals surface area contributed by atoms with Gasteiger partial charge in [0, 0.05) is 37.3 Å². The van der Waals surface area contributed by atoms with Crippen molar-refractivity contribution in [2.75, 3.05) is 36.8 Å². The number of aromatic nitrogens is 3. The molecule has 3 heterocycles. The Bertz CT molecular complexity index is 695. The van der Waals surface area contributed by atoms with E-state index in [1.807, 2.05) is 0 Å². The van der Waals surface area contributed by atoms with Gasteiger partial charge < -0.3 is 21.1 Å². The molecule has 23 heavy (non-hydrogen) atoms. The zero-order valence-electron chi connectivity index (χ0n) is 12.4. The number of hydrogen-bond donors (Lipinski definition) is 3. The predicted molar refractivity (Wildman–Crippen MR) is 90.8 cm³/mol. The van der Waals surface area contributed by atoms with E-state index in [4.69, 9.17) is 17.3 Å². The lowest BCUT2D eigenvalue weighted by Gasteiger charge is -2.29. The first-order valence-corrected chi connectivity index (χ1v) is 8.38. The topological polar surface area (TPSA) is 100 Å². The molecule has 2 aromatic heterocycles. The zero-order valence-corrected chi connectivity index (χ0v) is 13.9. The van der Waals surface area contributed by atoms with E-state index in [1.54, 1.807) is 18.5 Å². The minimum Gasteiger partial charge on any atom is -0.390 e. The number of pyridine rings is 1. The van der Waals surface area contributed by atoms with Crippen LogP contribution in [0.25, 0.3) is 0 Å². The first-order valence-electron chi connectivity index (χ1n) is 7.19. The van der Waals surface area contributed by atoms with Crippen LogP contribution < -0.4 is 16.0 Å². The second kappa shape index (κ2) is 7.31. The van der Waals surface area contributed by atoms with Crippen molar-refractivity contribution in [3.8, 4) is 0 Å². The lowest BCUT2D eigenvalue weighted by atomic mass is 10.3. The van der Waals surface area contributed by atoms with Gasteiger partial charge in [-0.3, -0.25) is 0 Å². The number of nitrogens with one attached hydrogen (secondary N) is 1. The zero-order chi connectivity index (χ0) is 16.2. The Kier molecular flexibility index (Phi) is 5.16. The average molecular weight is 353 g/mol. The van der Waals surface area contributed by atoms with Crippen LogP contribution >= 0.6 is 23.4 Å². The number of aliphatic hydroxyl groups excluding tert-OH is 1. The number of piperazine rings is 1. The van der Waals surface area contributed by atoms with E-state index in [0.717, 1.165) is 36.9 Å². The summed E-state index contributed by atoms with van der Waals surface area (Å²) >= 11 is 7.49. The summed E-state index contributed by atoms with van der Waals surface area (Å²) in [5, 5.41) is 14.0. The monoisotopic (exact) mass is 352 g/mol. The van der Waals surface area contributed by atoms with E-state index in [0.29, 0.717) is 15.7 Å². The van der Waals surface area contributed by atoms with Gasteiger partial charge in [-0.1, -0.05) is 23.4 Å². The van der Waals surface area contributed by atoms with E-state index in [1.165, 1.54) is 11.8 Å². The number of nitrogens with zero attached hydrogens (tertiary/aromatic N) is 4. The van der Waals surface area contributed by atoms with Gasteiger partial charge in [0.2, 0.25) is 0 Å². The first kappa shape index (κ1) is 16.3. The molecular weight excluding hydrogens is 336 g/mol. The minimum atomic E-state index is -0.160. The Morgan fingerprint density at radius 3 is 2.87 bits per heavy atom. The summed E-state index contributed by atoms with van der Waals surface area (Å²) in [6, 6.07) is 1.77. The van der Waals surface area contributed by atoms with E-state index < -0.39 is 0 Å². The molecule has 0 bridgehead atoms. The van der Waals surface area contributed by atoms with Crippen LogP contribution in [0.4, 0.5) is 11.6 Å². The number of hydrogen-bond acceptors (Lipinski definition) is 8. The Labute approximate surface area is 143 Å². The smallest absolute Gasteiger partial charge is 0.152 e. The molecule has 9 heteroatoms. The van der Waals surface area contributed by atoms with Crippen LogP contribution in [0.3, 0.4) is 0 Å². The summed E-state index contributed by atoms with van der Waals surface area (Å²) in [5.41, 5.74) is 6.27. The van der Waals surface area contributed by atoms with E-state index in [2.05, 4.69) is 25.2 Å². The first-order chi connectivity index (χ1) is 11.2. The molecule has 1 saturated heterocycles. The van der Waals surface area contributed by atoms with Crippen molar-refractivity contribution < 1.29 is 5.11 Å². The van der Waals surface area contributed by atoms with Gasteiger partial charge in [0.15, 0.2) is 5.82 Å². The minimum absolute atomic E-state index is 0.160. The Morgan fingerprint density at radius 1 is 1.35 bits per heavy atom. The van der Waals surface area contributed by atoms with Crippen LogP contribution in [-0.4, -0.2) is 46.2 Å². The van der Waals surface area contributed by atoms with Crippen LogP contribution in [0.5, 0.6) is 0 Å². The van der Waals surface area contributed by atoms with Gasteiger partial charge in [-0.25, -0.2) is 15.0 Å². The lowest BCUT2D eigenvalue weighted by molar-refractivity contribution is 0.275. The fraction of sp³-hybridized carbons (Fsp3) is 0.357. The molecule has 4 N–H and O–H groups in total.